The molecule has 0 atom stereocenters. The number of halogens is 2. The first-order valence-electron chi connectivity index (χ1n) is 5.81. The first-order chi connectivity index (χ1) is 7.91. The molecule has 0 saturated heterocycles. The molecule has 0 bridgehead atoms. The number of hydrogen-bond acceptors (Lipinski definition) is 2. The second-order valence-corrected chi connectivity index (χ2v) is 5.02. The highest BCUT2D eigenvalue weighted by atomic mass is 19.3. The van der Waals surface area contributed by atoms with E-state index in [0.29, 0.717) is 12.0 Å². The van der Waals surface area contributed by atoms with Crippen molar-refractivity contribution < 1.29 is 13.9 Å². The van der Waals surface area contributed by atoms with Crippen LogP contribution in [0.2, 0.25) is 0 Å². The Kier molecular flexibility index (Phi) is 3.08. The summed E-state index contributed by atoms with van der Waals surface area (Å²) in [6.45, 7) is 1.75. The lowest BCUT2D eigenvalue weighted by Gasteiger charge is -2.13. The van der Waals surface area contributed by atoms with Gasteiger partial charge in [0.25, 0.3) is 6.43 Å². The highest BCUT2D eigenvalue weighted by molar-refractivity contribution is 5.44. The fraction of sp³-hybridized carbons (Fsp3) is 0.538. The molecule has 1 saturated carbocycles. The molecule has 0 heterocycles. The van der Waals surface area contributed by atoms with Crippen LogP contribution in [0.3, 0.4) is 0 Å². The smallest absolute Gasteiger partial charge is 0.267 e. The highest BCUT2D eigenvalue weighted by Gasteiger charge is 2.37. The number of phenols is 1. The van der Waals surface area contributed by atoms with E-state index in [4.69, 9.17) is 5.73 Å². The van der Waals surface area contributed by atoms with Gasteiger partial charge in [-0.15, -0.1) is 0 Å². The van der Waals surface area contributed by atoms with E-state index in [1.807, 2.05) is 0 Å². The fourth-order valence-corrected chi connectivity index (χ4v) is 2.03. The minimum Gasteiger partial charge on any atom is -0.507 e. The van der Waals surface area contributed by atoms with Crippen LogP contribution in [0.15, 0.2) is 12.1 Å². The summed E-state index contributed by atoms with van der Waals surface area (Å²) < 4.78 is 25.4. The van der Waals surface area contributed by atoms with Crippen LogP contribution in [-0.2, 0) is 6.42 Å². The molecular weight excluding hydrogens is 224 g/mol. The molecule has 17 heavy (non-hydrogen) atoms. The minimum absolute atomic E-state index is 0.124. The van der Waals surface area contributed by atoms with E-state index in [2.05, 4.69) is 0 Å². The summed E-state index contributed by atoms with van der Waals surface area (Å²) in [5.74, 6) is -0.269. The topological polar surface area (TPSA) is 46.2 Å². The van der Waals surface area contributed by atoms with Gasteiger partial charge in [-0.3, -0.25) is 0 Å². The van der Waals surface area contributed by atoms with Gasteiger partial charge in [0.15, 0.2) is 0 Å². The lowest BCUT2D eigenvalue weighted by Crippen LogP contribution is -2.22. The Morgan fingerprint density at radius 3 is 2.59 bits per heavy atom. The Bertz CT molecular complexity index is 428. The summed E-state index contributed by atoms with van der Waals surface area (Å²) in [7, 11) is 0. The predicted molar refractivity (Wildman–Crippen MR) is 62.3 cm³/mol. The molecule has 3 N–H and O–H groups in total. The van der Waals surface area contributed by atoms with Crippen LogP contribution in [-0.4, -0.2) is 10.6 Å². The Morgan fingerprint density at radius 1 is 1.41 bits per heavy atom. The van der Waals surface area contributed by atoms with E-state index in [0.717, 1.165) is 24.8 Å². The van der Waals surface area contributed by atoms with Crippen LogP contribution in [0.4, 0.5) is 8.78 Å². The summed E-state index contributed by atoms with van der Waals surface area (Å²) in [5.41, 5.74) is 6.88. The van der Waals surface area contributed by atoms with Gasteiger partial charge in [-0.2, -0.15) is 0 Å². The van der Waals surface area contributed by atoms with Crippen LogP contribution in [0.5, 0.6) is 5.75 Å². The molecule has 0 spiro atoms. The summed E-state index contributed by atoms with van der Waals surface area (Å²) >= 11 is 0. The van der Waals surface area contributed by atoms with Crippen molar-refractivity contribution in [2.24, 2.45) is 5.73 Å². The molecule has 1 aromatic carbocycles. The van der Waals surface area contributed by atoms with Gasteiger partial charge >= 0.3 is 0 Å². The fourth-order valence-electron chi connectivity index (χ4n) is 2.03. The largest absolute Gasteiger partial charge is 0.507 e. The van der Waals surface area contributed by atoms with Crippen molar-refractivity contribution in [3.8, 4) is 5.75 Å². The maximum atomic E-state index is 12.7. The number of phenolic OH excluding ortho intramolecular Hbond substituents is 1. The van der Waals surface area contributed by atoms with Crippen molar-refractivity contribution in [3.05, 3.63) is 28.8 Å². The molecule has 0 radical (unpaired) electrons. The van der Waals surface area contributed by atoms with Gasteiger partial charge in [0.2, 0.25) is 0 Å². The van der Waals surface area contributed by atoms with Gasteiger partial charge in [0, 0.05) is 5.54 Å². The van der Waals surface area contributed by atoms with Gasteiger partial charge in [-0.1, -0.05) is 11.6 Å². The lowest BCUT2D eigenvalue weighted by atomic mass is 9.98. The van der Waals surface area contributed by atoms with Crippen LogP contribution >= 0.6 is 0 Å². The molecule has 4 heteroatoms. The second kappa shape index (κ2) is 4.26. The molecule has 0 aromatic heterocycles. The van der Waals surface area contributed by atoms with Gasteiger partial charge in [0.1, 0.15) is 5.75 Å². The lowest BCUT2D eigenvalue weighted by molar-refractivity contribution is 0.147. The van der Waals surface area contributed by atoms with E-state index < -0.39 is 6.43 Å². The number of nitrogens with two attached hydrogens (primary N) is 1. The summed E-state index contributed by atoms with van der Waals surface area (Å²) in [5, 5.41) is 9.78. The van der Waals surface area contributed by atoms with Crippen molar-refractivity contribution in [3.63, 3.8) is 0 Å². The number of hydrogen-bond donors (Lipinski definition) is 2. The van der Waals surface area contributed by atoms with Crippen LogP contribution < -0.4 is 5.73 Å². The summed E-state index contributed by atoms with van der Waals surface area (Å²) in [6.07, 6.45) is 0.639. The molecule has 94 valence electrons. The monoisotopic (exact) mass is 241 g/mol. The number of alkyl halides is 2. The molecule has 1 aromatic rings. The third-order valence-electron chi connectivity index (χ3n) is 3.38. The molecule has 2 rings (SSSR count). The Hall–Kier alpha value is -1.16. The van der Waals surface area contributed by atoms with E-state index in [-0.39, 0.29) is 16.9 Å². The molecule has 1 aliphatic carbocycles. The third kappa shape index (κ3) is 2.75. The predicted octanol–water partition coefficient (Wildman–Crippen LogP) is 3.06. The molecule has 0 aliphatic heterocycles. The summed E-state index contributed by atoms with van der Waals surface area (Å²) in [4.78, 5) is 0. The van der Waals surface area contributed by atoms with Gasteiger partial charge in [-0.25, -0.2) is 8.78 Å². The highest BCUT2D eigenvalue weighted by Crippen LogP contribution is 2.39. The van der Waals surface area contributed by atoms with Gasteiger partial charge in [-0.05, 0) is 44.2 Å². The van der Waals surface area contributed by atoms with Crippen LogP contribution in [0.1, 0.15) is 42.4 Å². The third-order valence-corrected chi connectivity index (χ3v) is 3.38. The SMILES string of the molecule is Cc1cc(CCC2(N)CC2)c(O)c(C(F)F)c1. The Balaban J connectivity index is 2.20. The molecule has 1 fully saturated rings. The first kappa shape index (κ1) is 12.3. The quantitative estimate of drug-likeness (QED) is 0.851. The maximum absolute atomic E-state index is 12.7. The van der Waals surface area contributed by atoms with E-state index >= 15 is 0 Å². The average molecular weight is 241 g/mol. The van der Waals surface area contributed by atoms with Crippen molar-refractivity contribution in [2.75, 3.05) is 0 Å². The molecule has 2 nitrogen and oxygen atoms in total. The van der Waals surface area contributed by atoms with Crippen molar-refractivity contribution in [1.82, 2.24) is 0 Å². The van der Waals surface area contributed by atoms with Crippen LogP contribution in [0.25, 0.3) is 0 Å². The standard InChI is InChI=1S/C13H17F2NO/c1-8-6-9(2-3-13(16)4-5-13)11(17)10(7-8)12(14)15/h6-7,12,17H,2-5,16H2,1H3. The molecule has 0 unspecified atom stereocenters. The molecule has 1 aliphatic rings. The minimum atomic E-state index is -2.64. The maximum Gasteiger partial charge on any atom is 0.267 e. The first-order valence-corrected chi connectivity index (χ1v) is 5.81. The van der Waals surface area contributed by atoms with E-state index in [9.17, 15) is 13.9 Å². The number of rotatable bonds is 4. The van der Waals surface area contributed by atoms with E-state index in [1.165, 1.54) is 6.07 Å². The molecule has 0 amide bonds. The van der Waals surface area contributed by atoms with Gasteiger partial charge in [0.05, 0.1) is 5.56 Å². The Morgan fingerprint density at radius 2 is 2.06 bits per heavy atom. The Labute approximate surface area is 99.4 Å². The van der Waals surface area contributed by atoms with E-state index in [1.54, 1.807) is 13.0 Å². The zero-order valence-corrected chi connectivity index (χ0v) is 9.84. The van der Waals surface area contributed by atoms with Crippen molar-refractivity contribution in [2.45, 2.75) is 44.6 Å². The average Bonchev–Trinajstić information content (AvgIpc) is 2.98. The number of aromatic hydroxyl groups is 1. The summed E-state index contributed by atoms with van der Waals surface area (Å²) in [6, 6.07) is 3.09. The van der Waals surface area contributed by atoms with Gasteiger partial charge < -0.3 is 10.8 Å². The number of aryl methyl sites for hydroxylation is 2. The van der Waals surface area contributed by atoms with Crippen LogP contribution in [0, 0.1) is 6.92 Å². The van der Waals surface area contributed by atoms with Crippen molar-refractivity contribution in [1.29, 1.82) is 0 Å². The van der Waals surface area contributed by atoms with Crippen molar-refractivity contribution >= 4 is 0 Å². The second-order valence-electron chi connectivity index (χ2n) is 5.02. The normalized spacial score (nSPS) is 17.5. The zero-order chi connectivity index (χ0) is 12.6. The number of benzene rings is 1. The molecular formula is C13H17F2NO. The zero-order valence-electron chi connectivity index (χ0n) is 9.84.